The fourth-order valence-corrected chi connectivity index (χ4v) is 1.43. The highest BCUT2D eigenvalue weighted by molar-refractivity contribution is 7.89. The summed E-state index contributed by atoms with van der Waals surface area (Å²) < 4.78 is 46.5. The highest BCUT2D eigenvalue weighted by atomic mass is 32.2. The molecule has 3 N–H and O–H groups in total. The lowest BCUT2D eigenvalue weighted by Gasteiger charge is -2.04. The Balaban J connectivity index is 2.61. The smallest absolute Gasteiger partial charge is 0.251 e. The number of nitrogens with two attached hydrogens (primary N) is 1. The number of hydrogen-bond acceptors (Lipinski definition) is 3. The number of nitrogens with one attached hydrogen (secondary N) is 1. The molecule has 1 amide bonds. The first-order valence-corrected chi connectivity index (χ1v) is 6.25. The first-order valence-electron chi connectivity index (χ1n) is 4.53. The molecule has 0 spiro atoms. The van der Waals surface area contributed by atoms with Crippen LogP contribution in [-0.4, -0.2) is 26.6 Å². The molecular weight excluding hydrogens is 254 g/mol. The van der Waals surface area contributed by atoms with Crippen molar-refractivity contribution in [1.29, 1.82) is 0 Å². The molecule has 0 saturated carbocycles. The van der Waals surface area contributed by atoms with Gasteiger partial charge in [-0.1, -0.05) is 0 Å². The highest BCUT2D eigenvalue weighted by Gasteiger charge is 2.10. The van der Waals surface area contributed by atoms with Crippen LogP contribution in [0.4, 0.5) is 8.78 Å². The first kappa shape index (κ1) is 13.5. The summed E-state index contributed by atoms with van der Waals surface area (Å²) in [6.45, 7) is -0.198. The lowest BCUT2D eigenvalue weighted by atomic mass is 10.2. The lowest BCUT2D eigenvalue weighted by Crippen LogP contribution is -2.31. The number of amides is 1. The van der Waals surface area contributed by atoms with Crippen molar-refractivity contribution in [3.63, 3.8) is 0 Å². The van der Waals surface area contributed by atoms with Gasteiger partial charge in [0.1, 0.15) is 0 Å². The Morgan fingerprint density at radius 3 is 2.47 bits per heavy atom. The SMILES string of the molecule is NS(=O)(=O)CCNC(=O)c1ccc(F)c(F)c1. The second-order valence-electron chi connectivity index (χ2n) is 3.25. The van der Waals surface area contributed by atoms with Crippen molar-refractivity contribution in [1.82, 2.24) is 5.32 Å². The van der Waals surface area contributed by atoms with Crippen LogP contribution in [0.5, 0.6) is 0 Å². The van der Waals surface area contributed by atoms with Gasteiger partial charge in [-0.25, -0.2) is 22.3 Å². The largest absolute Gasteiger partial charge is 0.351 e. The van der Waals surface area contributed by atoms with Gasteiger partial charge < -0.3 is 5.32 Å². The molecule has 94 valence electrons. The number of halogens is 2. The van der Waals surface area contributed by atoms with Crippen molar-refractivity contribution >= 4 is 15.9 Å². The summed E-state index contributed by atoms with van der Waals surface area (Å²) >= 11 is 0. The fourth-order valence-electron chi connectivity index (χ4n) is 1.05. The summed E-state index contributed by atoms with van der Waals surface area (Å²) in [5.74, 6) is -3.34. The molecule has 0 bridgehead atoms. The van der Waals surface area contributed by atoms with Crippen molar-refractivity contribution in [2.75, 3.05) is 12.3 Å². The molecule has 0 aliphatic carbocycles. The Labute approximate surface area is 96.7 Å². The number of benzene rings is 1. The van der Waals surface area contributed by atoms with Gasteiger partial charge in [0.2, 0.25) is 10.0 Å². The minimum absolute atomic E-state index is 0.0988. The van der Waals surface area contributed by atoms with Gasteiger partial charge in [0.25, 0.3) is 5.91 Å². The molecule has 17 heavy (non-hydrogen) atoms. The lowest BCUT2D eigenvalue weighted by molar-refractivity contribution is 0.0955. The maximum absolute atomic E-state index is 12.8. The van der Waals surface area contributed by atoms with E-state index in [2.05, 4.69) is 5.32 Å². The predicted molar refractivity (Wildman–Crippen MR) is 56.7 cm³/mol. The van der Waals surface area contributed by atoms with Crippen LogP contribution < -0.4 is 10.5 Å². The van der Waals surface area contributed by atoms with E-state index >= 15 is 0 Å². The second kappa shape index (κ2) is 5.19. The summed E-state index contributed by atoms with van der Waals surface area (Å²) in [5, 5.41) is 6.93. The Kier molecular flexibility index (Phi) is 4.13. The summed E-state index contributed by atoms with van der Waals surface area (Å²) in [6, 6.07) is 2.62. The first-order chi connectivity index (χ1) is 7.79. The van der Waals surface area contributed by atoms with E-state index in [1.54, 1.807) is 0 Å². The van der Waals surface area contributed by atoms with Crippen LogP contribution in [0.1, 0.15) is 10.4 Å². The number of carbonyl (C=O) groups excluding carboxylic acids is 1. The fraction of sp³-hybridized carbons (Fsp3) is 0.222. The second-order valence-corrected chi connectivity index (χ2v) is 4.99. The van der Waals surface area contributed by atoms with Crippen LogP contribution in [0.2, 0.25) is 0 Å². The van der Waals surface area contributed by atoms with Crippen molar-refractivity contribution in [2.45, 2.75) is 0 Å². The summed E-state index contributed by atoms with van der Waals surface area (Å²) in [4.78, 5) is 11.4. The maximum atomic E-state index is 12.8. The van der Waals surface area contributed by atoms with Gasteiger partial charge in [-0.15, -0.1) is 0 Å². The van der Waals surface area contributed by atoms with Gasteiger partial charge in [-0.2, -0.15) is 0 Å². The van der Waals surface area contributed by atoms with E-state index in [1.807, 2.05) is 0 Å². The zero-order valence-corrected chi connectivity index (χ0v) is 9.43. The van der Waals surface area contributed by atoms with E-state index < -0.39 is 33.3 Å². The molecule has 0 radical (unpaired) electrons. The van der Waals surface area contributed by atoms with E-state index in [0.717, 1.165) is 18.2 Å². The number of primary sulfonamides is 1. The monoisotopic (exact) mass is 264 g/mol. The molecule has 1 aromatic rings. The summed E-state index contributed by atoms with van der Waals surface area (Å²) in [5.41, 5.74) is -0.0988. The standard InChI is InChI=1S/C9H10F2N2O3S/c10-7-2-1-6(5-8(7)11)9(14)13-3-4-17(12,15)16/h1-2,5H,3-4H2,(H,13,14)(H2,12,15,16). The number of sulfonamides is 1. The zero-order chi connectivity index (χ0) is 13.1. The average molecular weight is 264 g/mol. The summed E-state index contributed by atoms with van der Waals surface area (Å²) in [7, 11) is -3.67. The number of carbonyl (C=O) groups is 1. The molecule has 1 rings (SSSR count). The Morgan fingerprint density at radius 2 is 1.94 bits per heavy atom. The maximum Gasteiger partial charge on any atom is 0.251 e. The van der Waals surface area contributed by atoms with E-state index in [0.29, 0.717) is 0 Å². The minimum atomic E-state index is -3.67. The normalized spacial score (nSPS) is 11.2. The van der Waals surface area contributed by atoms with Gasteiger partial charge in [0.05, 0.1) is 5.75 Å². The molecule has 0 saturated heterocycles. The van der Waals surface area contributed by atoms with E-state index in [-0.39, 0.29) is 12.1 Å². The Bertz CT molecular complexity index is 531. The third-order valence-corrected chi connectivity index (χ3v) is 2.63. The van der Waals surface area contributed by atoms with Crippen molar-refractivity contribution < 1.29 is 22.0 Å². The van der Waals surface area contributed by atoms with Crippen LogP contribution in [0.15, 0.2) is 18.2 Å². The van der Waals surface area contributed by atoms with Crippen LogP contribution in [0.3, 0.4) is 0 Å². The molecule has 0 unspecified atom stereocenters. The topological polar surface area (TPSA) is 89.3 Å². The molecule has 0 aromatic heterocycles. The van der Waals surface area contributed by atoms with Gasteiger partial charge in [-0.3, -0.25) is 4.79 Å². The van der Waals surface area contributed by atoms with E-state index in [9.17, 15) is 22.0 Å². The molecular formula is C9H10F2N2O3S. The molecule has 0 aliphatic heterocycles. The van der Waals surface area contributed by atoms with Gasteiger partial charge in [-0.05, 0) is 18.2 Å². The van der Waals surface area contributed by atoms with E-state index in [1.165, 1.54) is 0 Å². The van der Waals surface area contributed by atoms with Gasteiger partial charge in [0.15, 0.2) is 11.6 Å². The quantitative estimate of drug-likeness (QED) is 0.801. The average Bonchev–Trinajstić information content (AvgIpc) is 2.20. The van der Waals surface area contributed by atoms with Crippen LogP contribution in [0.25, 0.3) is 0 Å². The number of rotatable bonds is 4. The Morgan fingerprint density at radius 1 is 1.29 bits per heavy atom. The molecule has 0 fully saturated rings. The van der Waals surface area contributed by atoms with Crippen LogP contribution in [-0.2, 0) is 10.0 Å². The molecule has 0 heterocycles. The van der Waals surface area contributed by atoms with Crippen molar-refractivity contribution in [3.8, 4) is 0 Å². The molecule has 0 atom stereocenters. The predicted octanol–water partition coefficient (Wildman–Crippen LogP) is -0.0169. The van der Waals surface area contributed by atoms with Crippen LogP contribution >= 0.6 is 0 Å². The number of hydrogen-bond donors (Lipinski definition) is 2. The Hall–Kier alpha value is -1.54. The van der Waals surface area contributed by atoms with Crippen molar-refractivity contribution in [3.05, 3.63) is 35.4 Å². The molecule has 8 heteroatoms. The highest BCUT2D eigenvalue weighted by Crippen LogP contribution is 2.08. The molecule has 0 aliphatic rings. The van der Waals surface area contributed by atoms with Crippen molar-refractivity contribution in [2.24, 2.45) is 5.14 Å². The molecule has 5 nitrogen and oxygen atoms in total. The van der Waals surface area contributed by atoms with Gasteiger partial charge in [0, 0.05) is 12.1 Å². The summed E-state index contributed by atoms with van der Waals surface area (Å²) in [6.07, 6.45) is 0. The molecule has 1 aromatic carbocycles. The van der Waals surface area contributed by atoms with E-state index in [4.69, 9.17) is 5.14 Å². The third kappa shape index (κ3) is 4.45. The third-order valence-electron chi connectivity index (χ3n) is 1.85. The zero-order valence-electron chi connectivity index (χ0n) is 8.61. The van der Waals surface area contributed by atoms with Gasteiger partial charge >= 0.3 is 0 Å². The minimum Gasteiger partial charge on any atom is -0.351 e. The van der Waals surface area contributed by atoms with Crippen LogP contribution in [0, 0.1) is 11.6 Å².